The van der Waals surface area contributed by atoms with E-state index in [4.69, 9.17) is 9.15 Å². The lowest BCUT2D eigenvalue weighted by Gasteiger charge is -2.08. The lowest BCUT2D eigenvalue weighted by atomic mass is 10.1. The molecule has 1 atom stereocenters. The van der Waals surface area contributed by atoms with Crippen molar-refractivity contribution < 1.29 is 22.4 Å². The molecule has 0 radical (unpaired) electrons. The molecule has 0 saturated carbocycles. The quantitative estimate of drug-likeness (QED) is 0.491. The number of hydrogen-bond acceptors (Lipinski definition) is 8. The van der Waals surface area contributed by atoms with Gasteiger partial charge in [0.1, 0.15) is 11.5 Å². The van der Waals surface area contributed by atoms with Crippen molar-refractivity contribution in [2.45, 2.75) is 25.0 Å². The third-order valence-corrected chi connectivity index (χ3v) is 7.62. The molecule has 168 valence electrons. The summed E-state index contributed by atoms with van der Waals surface area (Å²) in [5, 5.41) is 11.0. The van der Waals surface area contributed by atoms with Crippen LogP contribution < -0.4 is 10.1 Å². The van der Waals surface area contributed by atoms with Gasteiger partial charge in [0, 0.05) is 12.1 Å². The third kappa shape index (κ3) is 6.33. The summed E-state index contributed by atoms with van der Waals surface area (Å²) in [5.41, 5.74) is 1.81. The molecule has 1 N–H and O–H groups in total. The van der Waals surface area contributed by atoms with Crippen molar-refractivity contribution in [3.8, 4) is 11.5 Å². The molecule has 1 saturated heterocycles. The van der Waals surface area contributed by atoms with E-state index in [-0.39, 0.29) is 34.3 Å². The molecular weight excluding hydrogens is 450 g/mol. The first-order valence-electron chi connectivity index (χ1n) is 10.1. The van der Waals surface area contributed by atoms with Crippen LogP contribution in [0.2, 0.25) is 0 Å². The van der Waals surface area contributed by atoms with Crippen molar-refractivity contribution in [1.82, 2.24) is 10.2 Å². The molecule has 10 heteroatoms. The summed E-state index contributed by atoms with van der Waals surface area (Å²) >= 11 is 1.14. The number of nitrogens with zero attached hydrogens (tertiary/aromatic N) is 2. The molecule has 8 nitrogen and oxygen atoms in total. The zero-order valence-electron chi connectivity index (χ0n) is 17.5. The number of amides is 1. The van der Waals surface area contributed by atoms with E-state index in [9.17, 15) is 13.2 Å². The van der Waals surface area contributed by atoms with Crippen LogP contribution in [0.15, 0.2) is 58.2 Å². The van der Waals surface area contributed by atoms with Crippen LogP contribution in [0.4, 0.5) is 5.69 Å². The summed E-state index contributed by atoms with van der Waals surface area (Å²) in [7, 11) is -2.94. The topological polar surface area (TPSA) is 111 Å². The predicted octanol–water partition coefficient (Wildman–Crippen LogP) is 3.88. The number of carbonyl (C=O) groups excluding carboxylic acids is 1. The molecule has 0 bridgehead atoms. The van der Waals surface area contributed by atoms with Gasteiger partial charge >= 0.3 is 0 Å². The van der Waals surface area contributed by atoms with E-state index >= 15 is 0 Å². The lowest BCUT2D eigenvalue weighted by Crippen LogP contribution is -2.13. The van der Waals surface area contributed by atoms with Gasteiger partial charge in [0.25, 0.3) is 5.22 Å². The molecule has 1 amide bonds. The fraction of sp³-hybridized carbons (Fsp3) is 0.318. The second-order valence-electron chi connectivity index (χ2n) is 7.71. The Kier molecular flexibility index (Phi) is 6.80. The van der Waals surface area contributed by atoms with Crippen molar-refractivity contribution >= 4 is 33.2 Å². The molecule has 32 heavy (non-hydrogen) atoms. The molecule has 0 spiro atoms. The first-order chi connectivity index (χ1) is 15.3. The molecule has 2 aromatic carbocycles. The van der Waals surface area contributed by atoms with Crippen molar-refractivity contribution in [1.29, 1.82) is 0 Å². The Balaban J connectivity index is 1.23. The molecule has 1 aliphatic heterocycles. The SMILES string of the molecule is Cc1ccc(Oc2ccc(NC(=O)CSc3nnc(C[C@@H]4CCS(=O)(=O)C4)o3)cc2)cc1. The average Bonchev–Trinajstić information content (AvgIpc) is 3.35. The van der Waals surface area contributed by atoms with Crippen LogP contribution in [-0.4, -0.2) is 41.8 Å². The van der Waals surface area contributed by atoms with Crippen LogP contribution in [0.25, 0.3) is 0 Å². The number of anilines is 1. The summed E-state index contributed by atoms with van der Waals surface area (Å²) in [6.45, 7) is 2.02. The third-order valence-electron chi connectivity index (χ3n) is 4.96. The number of thioether (sulfide) groups is 1. The van der Waals surface area contributed by atoms with Gasteiger partial charge in [-0.2, -0.15) is 0 Å². The molecule has 1 aromatic heterocycles. The van der Waals surface area contributed by atoms with Gasteiger partial charge in [-0.3, -0.25) is 4.79 Å². The van der Waals surface area contributed by atoms with E-state index in [0.29, 0.717) is 30.2 Å². The Morgan fingerprint density at radius 1 is 1.12 bits per heavy atom. The molecule has 3 aromatic rings. The second-order valence-corrected chi connectivity index (χ2v) is 10.9. The van der Waals surface area contributed by atoms with Gasteiger partial charge in [0.05, 0.1) is 17.3 Å². The van der Waals surface area contributed by atoms with Gasteiger partial charge in [0.15, 0.2) is 9.84 Å². The van der Waals surface area contributed by atoms with Gasteiger partial charge in [-0.05, 0) is 55.7 Å². The van der Waals surface area contributed by atoms with E-state index in [2.05, 4.69) is 15.5 Å². The number of aryl methyl sites for hydroxylation is 1. The molecule has 0 aliphatic carbocycles. The van der Waals surface area contributed by atoms with Crippen LogP contribution in [-0.2, 0) is 21.1 Å². The largest absolute Gasteiger partial charge is 0.457 e. The summed E-state index contributed by atoms with van der Waals surface area (Å²) in [5.74, 6) is 2.12. The number of ether oxygens (including phenoxy) is 1. The first-order valence-corrected chi connectivity index (χ1v) is 13.0. The highest BCUT2D eigenvalue weighted by Gasteiger charge is 2.29. The standard InChI is InChI=1S/C22H23N3O5S2/c1-15-2-6-18(7-3-15)29-19-8-4-17(5-9-19)23-20(26)13-31-22-25-24-21(30-22)12-16-10-11-32(27,28)14-16/h2-9,16H,10-14H2,1H3,(H,23,26)/t16-/m0/s1. The Morgan fingerprint density at radius 2 is 1.81 bits per heavy atom. The van der Waals surface area contributed by atoms with E-state index < -0.39 is 9.84 Å². The van der Waals surface area contributed by atoms with Gasteiger partial charge in [0.2, 0.25) is 11.8 Å². The molecular formula is C22H23N3O5S2. The minimum absolute atomic E-state index is 0.0135. The van der Waals surface area contributed by atoms with E-state index in [1.54, 1.807) is 24.3 Å². The molecule has 1 fully saturated rings. The number of nitrogens with one attached hydrogen (secondary N) is 1. The van der Waals surface area contributed by atoms with E-state index in [1.165, 1.54) is 0 Å². The maximum atomic E-state index is 12.2. The summed E-state index contributed by atoms with van der Waals surface area (Å²) in [6, 6.07) is 14.9. The highest BCUT2D eigenvalue weighted by Crippen LogP contribution is 2.25. The van der Waals surface area contributed by atoms with Gasteiger partial charge in [-0.1, -0.05) is 29.5 Å². The molecule has 2 heterocycles. The normalized spacial score (nSPS) is 17.2. The Bertz CT molecular complexity index is 1180. The van der Waals surface area contributed by atoms with Crippen LogP contribution in [0.3, 0.4) is 0 Å². The summed E-state index contributed by atoms with van der Waals surface area (Å²) in [4.78, 5) is 12.2. The highest BCUT2D eigenvalue weighted by molar-refractivity contribution is 7.99. The smallest absolute Gasteiger partial charge is 0.277 e. The van der Waals surface area contributed by atoms with Crippen LogP contribution >= 0.6 is 11.8 Å². The van der Waals surface area contributed by atoms with E-state index in [1.807, 2.05) is 31.2 Å². The summed E-state index contributed by atoms with van der Waals surface area (Å²) in [6.07, 6.45) is 1.06. The zero-order valence-corrected chi connectivity index (χ0v) is 19.1. The Hall–Kier alpha value is -2.85. The van der Waals surface area contributed by atoms with Crippen molar-refractivity contribution in [2.75, 3.05) is 22.6 Å². The number of aromatic nitrogens is 2. The summed E-state index contributed by atoms with van der Waals surface area (Å²) < 4.78 is 34.4. The fourth-order valence-electron chi connectivity index (χ4n) is 3.33. The fourth-order valence-corrected chi connectivity index (χ4v) is 5.77. The number of hydrogen-bond donors (Lipinski definition) is 1. The van der Waals surface area contributed by atoms with Crippen molar-refractivity contribution in [3.63, 3.8) is 0 Å². The van der Waals surface area contributed by atoms with Crippen molar-refractivity contribution in [3.05, 3.63) is 60.0 Å². The van der Waals surface area contributed by atoms with E-state index in [0.717, 1.165) is 23.1 Å². The first kappa shape index (κ1) is 22.3. The number of benzene rings is 2. The predicted molar refractivity (Wildman–Crippen MR) is 122 cm³/mol. The van der Waals surface area contributed by atoms with Crippen LogP contribution in [0.5, 0.6) is 11.5 Å². The van der Waals surface area contributed by atoms with Gasteiger partial charge in [-0.25, -0.2) is 8.42 Å². The molecule has 1 aliphatic rings. The molecule has 4 rings (SSSR count). The van der Waals surface area contributed by atoms with Gasteiger partial charge < -0.3 is 14.5 Å². The second kappa shape index (κ2) is 9.74. The maximum absolute atomic E-state index is 12.2. The van der Waals surface area contributed by atoms with Crippen molar-refractivity contribution in [2.24, 2.45) is 5.92 Å². The number of rotatable bonds is 8. The maximum Gasteiger partial charge on any atom is 0.277 e. The zero-order chi connectivity index (χ0) is 22.6. The van der Waals surface area contributed by atoms with Gasteiger partial charge in [-0.15, -0.1) is 10.2 Å². The number of carbonyl (C=O) groups is 1. The monoisotopic (exact) mass is 473 g/mol. The Labute approximate surface area is 190 Å². The minimum Gasteiger partial charge on any atom is -0.457 e. The Morgan fingerprint density at radius 3 is 2.47 bits per heavy atom. The van der Waals surface area contributed by atoms with Crippen LogP contribution in [0.1, 0.15) is 17.9 Å². The highest BCUT2D eigenvalue weighted by atomic mass is 32.2. The minimum atomic E-state index is -2.94. The molecule has 0 unspecified atom stereocenters. The lowest BCUT2D eigenvalue weighted by molar-refractivity contribution is -0.113. The van der Waals surface area contributed by atoms with Crippen LogP contribution in [0, 0.1) is 12.8 Å². The number of sulfone groups is 1. The average molecular weight is 474 g/mol.